The highest BCUT2D eigenvalue weighted by atomic mass is 32.1. The number of hydrogen-bond acceptors (Lipinski definition) is 8. The molecule has 12 heteroatoms. The average Bonchev–Trinajstić information content (AvgIpc) is 3.65. The third kappa shape index (κ3) is 5.42. The minimum absolute atomic E-state index is 0.0138. The summed E-state index contributed by atoms with van der Waals surface area (Å²) in [7, 11) is 0. The molecule has 4 heterocycles. The molecule has 7 nitrogen and oxygen atoms in total. The zero-order chi connectivity index (χ0) is 27.0. The second-order valence-electron chi connectivity index (χ2n) is 9.15. The Balaban J connectivity index is 1.36. The van der Waals surface area contributed by atoms with Crippen LogP contribution in [0.15, 0.2) is 59.1 Å². The molecule has 3 aromatic heterocycles. The van der Waals surface area contributed by atoms with Gasteiger partial charge in [-0.3, -0.25) is 10.3 Å². The summed E-state index contributed by atoms with van der Waals surface area (Å²) < 4.78 is 51.2. The monoisotopic (exact) mass is 570 g/mol. The van der Waals surface area contributed by atoms with E-state index in [0.29, 0.717) is 41.3 Å². The number of fused-ring (bicyclic) bond motifs is 2. The molecule has 1 aliphatic rings. The Morgan fingerprint density at radius 1 is 1.13 bits per heavy atom. The van der Waals surface area contributed by atoms with Crippen molar-refractivity contribution in [2.75, 3.05) is 31.7 Å². The number of ether oxygens (including phenoxy) is 1. The van der Waals surface area contributed by atoms with Gasteiger partial charge in [-0.05, 0) is 37.3 Å². The van der Waals surface area contributed by atoms with Crippen LogP contribution < -0.4 is 5.43 Å². The van der Waals surface area contributed by atoms with Gasteiger partial charge in [0.05, 0.1) is 29.1 Å². The third-order valence-corrected chi connectivity index (χ3v) is 8.47. The first-order chi connectivity index (χ1) is 18.9. The van der Waals surface area contributed by atoms with E-state index in [4.69, 9.17) is 9.72 Å². The number of aryl methyl sites for hydroxylation is 1. The molecule has 0 unspecified atom stereocenters. The lowest BCUT2D eigenvalue weighted by Gasteiger charge is -2.25. The molecule has 39 heavy (non-hydrogen) atoms. The molecule has 6 rings (SSSR count). The maximum absolute atomic E-state index is 14.4. The molecule has 1 N–H and O–H groups in total. The van der Waals surface area contributed by atoms with Gasteiger partial charge in [-0.25, -0.2) is 9.97 Å². The second kappa shape index (κ2) is 10.7. The van der Waals surface area contributed by atoms with Crippen molar-refractivity contribution in [3.63, 3.8) is 0 Å². The number of aromatic nitrogens is 3. The molecule has 0 amide bonds. The summed E-state index contributed by atoms with van der Waals surface area (Å²) in [5, 5.41) is 7.40. The Kier molecular flexibility index (Phi) is 7.10. The molecule has 5 aromatic rings. The maximum atomic E-state index is 14.4. The van der Waals surface area contributed by atoms with Gasteiger partial charge in [-0.2, -0.15) is 18.3 Å². The summed E-state index contributed by atoms with van der Waals surface area (Å²) in [5.41, 5.74) is 4.71. The number of alkyl halides is 3. The molecule has 0 atom stereocenters. The Morgan fingerprint density at radius 3 is 2.72 bits per heavy atom. The zero-order valence-electron chi connectivity index (χ0n) is 21.0. The van der Waals surface area contributed by atoms with Crippen molar-refractivity contribution in [2.45, 2.75) is 26.2 Å². The number of hydrazone groups is 1. The number of benzene rings is 2. The number of nitrogens with one attached hydrogen (secondary N) is 1. The molecule has 1 fully saturated rings. The van der Waals surface area contributed by atoms with Crippen molar-refractivity contribution in [2.24, 2.45) is 5.10 Å². The predicted molar refractivity (Wildman–Crippen MR) is 151 cm³/mol. The third-order valence-electron chi connectivity index (χ3n) is 6.59. The highest BCUT2D eigenvalue weighted by Crippen LogP contribution is 2.34. The van der Waals surface area contributed by atoms with Crippen molar-refractivity contribution in [3.05, 3.63) is 65.3 Å². The average molecular weight is 571 g/mol. The van der Waals surface area contributed by atoms with Crippen molar-refractivity contribution >= 4 is 54.6 Å². The number of morpholine rings is 1. The standard InChI is InChI=1S/C27H25F3N6OS2/c1-2-36-15-20(24(27(28,29)30)33-34-26-32-21-5-3-4-6-23(21)39-26)19-13-17(7-8-22(19)36)25-31-18(16-38-25)14-35-9-11-37-12-10-35/h3-8,13,15-16H,2,9-12,14H2,1H3,(H,32,34)/b33-24-. The summed E-state index contributed by atoms with van der Waals surface area (Å²) in [6, 6.07) is 12.9. The van der Waals surface area contributed by atoms with Crippen LogP contribution in [0, 0.1) is 0 Å². The number of rotatable bonds is 7. The fourth-order valence-electron chi connectivity index (χ4n) is 4.68. The first-order valence-corrected chi connectivity index (χ1v) is 14.2. The minimum atomic E-state index is -4.68. The number of hydrogen-bond donors (Lipinski definition) is 1. The van der Waals surface area contributed by atoms with Crippen LogP contribution in [0.2, 0.25) is 0 Å². The second-order valence-corrected chi connectivity index (χ2v) is 11.0. The van der Waals surface area contributed by atoms with Crippen LogP contribution in [-0.4, -0.2) is 57.6 Å². The van der Waals surface area contributed by atoms with Gasteiger partial charge in [-0.1, -0.05) is 23.5 Å². The van der Waals surface area contributed by atoms with Crippen LogP contribution >= 0.6 is 22.7 Å². The van der Waals surface area contributed by atoms with Crippen LogP contribution in [0.5, 0.6) is 0 Å². The molecule has 1 aliphatic heterocycles. The maximum Gasteiger partial charge on any atom is 0.435 e. The zero-order valence-corrected chi connectivity index (χ0v) is 22.7. The van der Waals surface area contributed by atoms with Gasteiger partial charge < -0.3 is 9.30 Å². The number of thiazole rings is 2. The predicted octanol–water partition coefficient (Wildman–Crippen LogP) is 6.61. The van der Waals surface area contributed by atoms with E-state index in [0.717, 1.165) is 40.6 Å². The fraction of sp³-hybridized carbons (Fsp3) is 0.296. The molecule has 0 spiro atoms. The topological polar surface area (TPSA) is 67.6 Å². The van der Waals surface area contributed by atoms with E-state index in [1.807, 2.05) is 48.7 Å². The lowest BCUT2D eigenvalue weighted by Crippen LogP contribution is -2.35. The van der Waals surface area contributed by atoms with Gasteiger partial charge in [0.1, 0.15) is 5.01 Å². The van der Waals surface area contributed by atoms with Gasteiger partial charge in [0.2, 0.25) is 5.13 Å². The summed E-state index contributed by atoms with van der Waals surface area (Å²) in [4.78, 5) is 11.4. The minimum Gasteiger partial charge on any atom is -0.379 e. The van der Waals surface area contributed by atoms with Crippen LogP contribution in [0.4, 0.5) is 18.3 Å². The first kappa shape index (κ1) is 25.9. The summed E-state index contributed by atoms with van der Waals surface area (Å²) in [5.74, 6) is 0. The van der Waals surface area contributed by atoms with Crippen LogP contribution in [-0.2, 0) is 17.8 Å². The highest BCUT2D eigenvalue weighted by molar-refractivity contribution is 7.22. The molecule has 202 valence electrons. The Labute approximate surface area is 230 Å². The van der Waals surface area contributed by atoms with E-state index in [1.54, 1.807) is 10.6 Å². The molecule has 0 radical (unpaired) electrons. The molecular weight excluding hydrogens is 545 g/mol. The van der Waals surface area contributed by atoms with Gasteiger partial charge in [0.25, 0.3) is 0 Å². The SMILES string of the molecule is CCn1cc(/C(=N/Nc2nc3ccccc3s2)C(F)(F)F)c2cc(-c3nc(CN4CCOCC4)cs3)ccc21. The van der Waals surface area contributed by atoms with Crippen molar-refractivity contribution in [1.29, 1.82) is 0 Å². The van der Waals surface area contributed by atoms with E-state index < -0.39 is 11.9 Å². The Bertz CT molecular complexity index is 1620. The Morgan fingerprint density at radius 2 is 1.95 bits per heavy atom. The van der Waals surface area contributed by atoms with Crippen LogP contribution in [0.1, 0.15) is 18.2 Å². The van der Waals surface area contributed by atoms with Gasteiger partial charge >= 0.3 is 6.18 Å². The molecular formula is C27H25F3N6OS2. The van der Waals surface area contributed by atoms with Crippen molar-refractivity contribution in [3.8, 4) is 10.6 Å². The quantitative estimate of drug-likeness (QED) is 0.176. The van der Waals surface area contributed by atoms with Gasteiger partial charge in [-0.15, -0.1) is 11.3 Å². The fourth-order valence-corrected chi connectivity index (χ4v) is 6.30. The van der Waals surface area contributed by atoms with Crippen molar-refractivity contribution in [1.82, 2.24) is 19.4 Å². The molecule has 2 aromatic carbocycles. The van der Waals surface area contributed by atoms with Crippen LogP contribution in [0.25, 0.3) is 31.7 Å². The van der Waals surface area contributed by atoms with Crippen LogP contribution in [0.3, 0.4) is 0 Å². The number of para-hydroxylation sites is 1. The van der Waals surface area contributed by atoms with E-state index in [2.05, 4.69) is 20.4 Å². The normalized spacial score (nSPS) is 15.4. The molecule has 0 saturated carbocycles. The lowest BCUT2D eigenvalue weighted by molar-refractivity contribution is -0.0580. The van der Waals surface area contributed by atoms with E-state index in [1.165, 1.54) is 28.9 Å². The largest absolute Gasteiger partial charge is 0.435 e. The smallest absolute Gasteiger partial charge is 0.379 e. The number of nitrogens with zero attached hydrogens (tertiary/aromatic N) is 5. The number of halogens is 3. The van der Waals surface area contributed by atoms with Gasteiger partial charge in [0.15, 0.2) is 5.71 Å². The van der Waals surface area contributed by atoms with Gasteiger partial charge in [0, 0.05) is 59.8 Å². The molecule has 0 bridgehead atoms. The van der Waals surface area contributed by atoms with E-state index in [-0.39, 0.29) is 5.56 Å². The number of anilines is 1. The van der Waals surface area contributed by atoms with E-state index >= 15 is 0 Å². The highest BCUT2D eigenvalue weighted by Gasteiger charge is 2.39. The summed E-state index contributed by atoms with van der Waals surface area (Å²) in [6.45, 7) is 6.28. The summed E-state index contributed by atoms with van der Waals surface area (Å²) in [6.07, 6.45) is -3.16. The lowest BCUT2D eigenvalue weighted by atomic mass is 10.1. The molecule has 0 aliphatic carbocycles. The summed E-state index contributed by atoms with van der Waals surface area (Å²) >= 11 is 2.75. The molecule has 1 saturated heterocycles. The van der Waals surface area contributed by atoms with E-state index in [9.17, 15) is 13.2 Å². The Hall–Kier alpha value is -3.32. The first-order valence-electron chi connectivity index (χ1n) is 12.5. The van der Waals surface area contributed by atoms with Crippen molar-refractivity contribution < 1.29 is 17.9 Å².